The van der Waals surface area contributed by atoms with Gasteiger partial charge in [-0.2, -0.15) is 0 Å². The molecular formula is C57H39N. The van der Waals surface area contributed by atoms with Crippen molar-refractivity contribution in [3.8, 4) is 50.3 Å². The number of aromatic nitrogens is 1. The first kappa shape index (κ1) is 33.0. The maximum atomic E-state index is 2.55. The third kappa shape index (κ3) is 4.83. The van der Waals surface area contributed by atoms with Crippen LogP contribution in [0.15, 0.2) is 200 Å². The Morgan fingerprint density at radius 2 is 0.897 bits per heavy atom. The Bertz CT molecular complexity index is 3470. The first-order valence-electron chi connectivity index (χ1n) is 20.3. The van der Waals surface area contributed by atoms with Gasteiger partial charge in [0.25, 0.3) is 0 Å². The van der Waals surface area contributed by atoms with Crippen LogP contribution >= 0.6 is 0 Å². The number of nitrogens with zero attached hydrogens (tertiary/aromatic N) is 1. The SMILES string of the molecule is CC1(C)c2ccccc2-c2cc3c(-c4ccc5ccccc5c4)c4ccc(-c5cc6ccccc6n5-c5ccccc5)cc4c(-c4ccc5ccccc5c4)c3cc21. The Labute approximate surface area is 338 Å². The first-order valence-corrected chi connectivity index (χ1v) is 20.3. The lowest BCUT2D eigenvalue weighted by Crippen LogP contribution is -2.14. The van der Waals surface area contributed by atoms with Crippen molar-refractivity contribution in [2.75, 3.05) is 0 Å². The van der Waals surface area contributed by atoms with E-state index in [1.165, 1.54) is 110 Å². The van der Waals surface area contributed by atoms with Gasteiger partial charge in [0.05, 0.1) is 11.2 Å². The van der Waals surface area contributed by atoms with Gasteiger partial charge >= 0.3 is 0 Å². The van der Waals surface area contributed by atoms with Gasteiger partial charge in [-0.3, -0.25) is 0 Å². The minimum atomic E-state index is -0.142. The molecule has 0 fully saturated rings. The summed E-state index contributed by atoms with van der Waals surface area (Å²) in [7, 11) is 0. The zero-order chi connectivity index (χ0) is 38.5. The molecule has 272 valence electrons. The van der Waals surface area contributed by atoms with E-state index in [2.05, 4.69) is 219 Å². The average Bonchev–Trinajstić information content (AvgIpc) is 3.77. The van der Waals surface area contributed by atoms with E-state index in [1.807, 2.05) is 0 Å². The van der Waals surface area contributed by atoms with Crippen molar-refractivity contribution in [3.05, 3.63) is 211 Å². The molecule has 0 saturated heterocycles. The van der Waals surface area contributed by atoms with Crippen LogP contribution in [0.5, 0.6) is 0 Å². The Hall–Kier alpha value is -7.22. The smallest absolute Gasteiger partial charge is 0.0541 e. The molecule has 1 aliphatic rings. The van der Waals surface area contributed by atoms with E-state index >= 15 is 0 Å². The van der Waals surface area contributed by atoms with Gasteiger partial charge < -0.3 is 4.57 Å². The summed E-state index contributed by atoms with van der Waals surface area (Å²) in [6, 6.07) is 74.7. The molecule has 1 aromatic heterocycles. The van der Waals surface area contributed by atoms with Gasteiger partial charge in [-0.05, 0) is 148 Å². The van der Waals surface area contributed by atoms with E-state index in [1.54, 1.807) is 0 Å². The Morgan fingerprint density at radius 3 is 1.62 bits per heavy atom. The second kappa shape index (κ2) is 12.4. The number of benzene rings is 10. The number of rotatable bonds is 4. The summed E-state index contributed by atoms with van der Waals surface area (Å²) < 4.78 is 2.42. The summed E-state index contributed by atoms with van der Waals surface area (Å²) in [6.07, 6.45) is 0. The minimum Gasteiger partial charge on any atom is -0.309 e. The number of hydrogen-bond acceptors (Lipinski definition) is 0. The van der Waals surface area contributed by atoms with Crippen molar-refractivity contribution < 1.29 is 0 Å². The molecule has 1 nitrogen and oxygen atoms in total. The van der Waals surface area contributed by atoms with Crippen LogP contribution in [0.1, 0.15) is 25.0 Å². The molecule has 0 saturated carbocycles. The molecule has 58 heavy (non-hydrogen) atoms. The molecule has 0 aliphatic heterocycles. The second-order valence-electron chi connectivity index (χ2n) is 16.5. The Morgan fingerprint density at radius 1 is 0.345 bits per heavy atom. The summed E-state index contributed by atoms with van der Waals surface area (Å²) >= 11 is 0. The fourth-order valence-electron chi connectivity index (χ4n) is 10.1. The molecule has 0 spiro atoms. The first-order chi connectivity index (χ1) is 28.5. The fourth-order valence-corrected chi connectivity index (χ4v) is 10.1. The van der Waals surface area contributed by atoms with E-state index in [0.717, 1.165) is 5.69 Å². The molecular weight excluding hydrogens is 699 g/mol. The van der Waals surface area contributed by atoms with E-state index in [0.29, 0.717) is 0 Å². The highest BCUT2D eigenvalue weighted by Crippen LogP contribution is 2.54. The molecule has 1 heteroatoms. The largest absolute Gasteiger partial charge is 0.309 e. The van der Waals surface area contributed by atoms with Crippen LogP contribution < -0.4 is 0 Å². The molecule has 1 aliphatic carbocycles. The summed E-state index contributed by atoms with van der Waals surface area (Å²) in [5.41, 5.74) is 15.0. The third-order valence-corrected chi connectivity index (χ3v) is 12.9. The zero-order valence-electron chi connectivity index (χ0n) is 32.5. The van der Waals surface area contributed by atoms with Crippen LogP contribution in [0.4, 0.5) is 0 Å². The molecule has 11 aromatic rings. The highest BCUT2D eigenvalue weighted by atomic mass is 15.0. The maximum Gasteiger partial charge on any atom is 0.0541 e. The summed E-state index contributed by atoms with van der Waals surface area (Å²) in [6.45, 7) is 4.79. The highest BCUT2D eigenvalue weighted by Gasteiger charge is 2.36. The molecule has 0 amide bonds. The van der Waals surface area contributed by atoms with Crippen LogP contribution in [-0.4, -0.2) is 4.57 Å². The lowest BCUT2D eigenvalue weighted by Gasteiger charge is -2.24. The zero-order valence-corrected chi connectivity index (χ0v) is 32.5. The van der Waals surface area contributed by atoms with Crippen molar-refractivity contribution >= 4 is 54.0 Å². The molecule has 0 bridgehead atoms. The van der Waals surface area contributed by atoms with Crippen molar-refractivity contribution in [1.82, 2.24) is 4.57 Å². The summed E-state index contributed by atoms with van der Waals surface area (Å²) in [5.74, 6) is 0. The monoisotopic (exact) mass is 737 g/mol. The van der Waals surface area contributed by atoms with E-state index in [-0.39, 0.29) is 5.41 Å². The molecule has 0 unspecified atom stereocenters. The van der Waals surface area contributed by atoms with E-state index < -0.39 is 0 Å². The minimum absolute atomic E-state index is 0.142. The second-order valence-corrected chi connectivity index (χ2v) is 16.5. The predicted octanol–water partition coefficient (Wildman–Crippen LogP) is 15.6. The molecule has 12 rings (SSSR count). The van der Waals surface area contributed by atoms with Crippen LogP contribution in [0.2, 0.25) is 0 Å². The van der Waals surface area contributed by atoms with Gasteiger partial charge in [0.15, 0.2) is 0 Å². The number of para-hydroxylation sites is 2. The van der Waals surface area contributed by atoms with E-state index in [4.69, 9.17) is 0 Å². The van der Waals surface area contributed by atoms with Gasteiger partial charge in [0.1, 0.15) is 0 Å². The van der Waals surface area contributed by atoms with Crippen molar-refractivity contribution in [2.45, 2.75) is 19.3 Å². The van der Waals surface area contributed by atoms with Gasteiger partial charge in [0.2, 0.25) is 0 Å². The van der Waals surface area contributed by atoms with Gasteiger partial charge in [-0.25, -0.2) is 0 Å². The number of fused-ring (bicyclic) bond motifs is 8. The molecule has 0 N–H and O–H groups in total. The predicted molar refractivity (Wildman–Crippen MR) is 247 cm³/mol. The standard InChI is InChI=1S/C57H39N/c1-57(2)51-22-12-11-21-45(51)47-34-49-50(35-52(47)57)56(43-27-25-37-15-7-9-17-39(37)31-43)48-32-41(28-29-46(48)55(49)42-26-24-36-14-6-8-16-38(36)30-42)54-33-40-18-10-13-23-53(40)58(54)44-19-4-3-5-20-44/h3-35H,1-2H3. The Balaban J connectivity index is 1.25. The normalized spacial score (nSPS) is 13.1. The van der Waals surface area contributed by atoms with Crippen LogP contribution in [0.25, 0.3) is 104 Å². The van der Waals surface area contributed by atoms with Crippen molar-refractivity contribution in [3.63, 3.8) is 0 Å². The lowest BCUT2D eigenvalue weighted by molar-refractivity contribution is 0.661. The summed E-state index contributed by atoms with van der Waals surface area (Å²) in [5, 5.41) is 11.3. The quantitative estimate of drug-likeness (QED) is 0.159. The van der Waals surface area contributed by atoms with Crippen molar-refractivity contribution in [2.24, 2.45) is 0 Å². The number of hydrogen-bond donors (Lipinski definition) is 0. The van der Waals surface area contributed by atoms with Gasteiger partial charge in [-0.15, -0.1) is 0 Å². The lowest BCUT2D eigenvalue weighted by atomic mass is 9.79. The molecule has 1 heterocycles. The maximum absolute atomic E-state index is 2.55. The van der Waals surface area contributed by atoms with E-state index in [9.17, 15) is 0 Å². The highest BCUT2D eigenvalue weighted by molar-refractivity contribution is 6.23. The molecule has 0 atom stereocenters. The van der Waals surface area contributed by atoms with Crippen LogP contribution in [-0.2, 0) is 5.41 Å². The van der Waals surface area contributed by atoms with Gasteiger partial charge in [-0.1, -0.05) is 159 Å². The third-order valence-electron chi connectivity index (χ3n) is 12.9. The summed E-state index contributed by atoms with van der Waals surface area (Å²) in [4.78, 5) is 0. The topological polar surface area (TPSA) is 4.93 Å². The van der Waals surface area contributed by atoms with Crippen LogP contribution in [0, 0.1) is 0 Å². The van der Waals surface area contributed by atoms with Crippen molar-refractivity contribution in [1.29, 1.82) is 0 Å². The van der Waals surface area contributed by atoms with Crippen LogP contribution in [0.3, 0.4) is 0 Å². The fraction of sp³-hybridized carbons (Fsp3) is 0.0526. The molecule has 0 radical (unpaired) electrons. The average molecular weight is 738 g/mol. The van der Waals surface area contributed by atoms with Gasteiger partial charge in [0, 0.05) is 16.5 Å². The molecule has 10 aromatic carbocycles. The Kier molecular flexibility index (Phi) is 7.04.